The van der Waals surface area contributed by atoms with E-state index in [4.69, 9.17) is 20.8 Å². The van der Waals surface area contributed by atoms with Crippen molar-refractivity contribution in [1.29, 1.82) is 0 Å². The van der Waals surface area contributed by atoms with Crippen molar-refractivity contribution in [1.82, 2.24) is 0 Å². The zero-order valence-electron chi connectivity index (χ0n) is 9.75. The summed E-state index contributed by atoms with van der Waals surface area (Å²) in [5.74, 6) is 0.590. The molecule has 1 heterocycles. The Morgan fingerprint density at radius 1 is 1.37 bits per heavy atom. The monoisotopic (exact) mass is 281 g/mol. The van der Waals surface area contributed by atoms with Crippen LogP contribution in [0.25, 0.3) is 11.3 Å². The van der Waals surface area contributed by atoms with Crippen LogP contribution < -0.4 is 4.74 Å². The fraction of sp³-hybridized carbons (Fsp3) is 0.0833. The molecule has 98 valence electrons. The third-order valence-electron chi connectivity index (χ3n) is 2.42. The quantitative estimate of drug-likeness (QED) is 0.488. The number of benzene rings is 1. The summed E-state index contributed by atoms with van der Waals surface area (Å²) in [6.07, 6.45) is 0. The molecule has 0 aliphatic carbocycles. The second-order valence-corrected chi connectivity index (χ2v) is 3.96. The zero-order valence-corrected chi connectivity index (χ0v) is 10.5. The Morgan fingerprint density at radius 2 is 2.11 bits per heavy atom. The number of rotatable bonds is 4. The first-order valence-corrected chi connectivity index (χ1v) is 5.52. The van der Waals surface area contributed by atoms with Gasteiger partial charge in [0.2, 0.25) is 0 Å². The number of methoxy groups -OCH3 is 1. The van der Waals surface area contributed by atoms with E-state index in [9.17, 15) is 14.9 Å². The van der Waals surface area contributed by atoms with Gasteiger partial charge in [-0.1, -0.05) is 0 Å². The molecule has 0 saturated heterocycles. The fourth-order valence-corrected chi connectivity index (χ4v) is 1.65. The Balaban J connectivity index is 2.50. The molecule has 0 fully saturated rings. The van der Waals surface area contributed by atoms with Gasteiger partial charge in [0.05, 0.1) is 18.1 Å². The predicted molar refractivity (Wildman–Crippen MR) is 67.5 cm³/mol. The minimum Gasteiger partial charge on any atom is -0.496 e. The lowest BCUT2D eigenvalue weighted by Gasteiger charge is -2.02. The highest BCUT2D eigenvalue weighted by atomic mass is 35.5. The van der Waals surface area contributed by atoms with Crippen molar-refractivity contribution in [2.75, 3.05) is 7.11 Å². The molecule has 0 N–H and O–H groups in total. The van der Waals surface area contributed by atoms with Crippen LogP contribution in [0.3, 0.4) is 0 Å². The first-order valence-electron chi connectivity index (χ1n) is 5.15. The average Bonchev–Trinajstić information content (AvgIpc) is 2.87. The van der Waals surface area contributed by atoms with Gasteiger partial charge in [0, 0.05) is 11.6 Å². The highest BCUT2D eigenvalue weighted by molar-refractivity contribution is 6.67. The Kier molecular flexibility index (Phi) is 3.52. The molecule has 2 aromatic rings. The van der Waals surface area contributed by atoms with E-state index in [1.54, 1.807) is 6.07 Å². The molecule has 2 rings (SSSR count). The third kappa shape index (κ3) is 2.74. The van der Waals surface area contributed by atoms with E-state index in [-0.39, 0.29) is 11.4 Å². The molecule has 0 amide bonds. The topological polar surface area (TPSA) is 82.6 Å². The molecule has 0 bridgehead atoms. The molecule has 6 nitrogen and oxygen atoms in total. The predicted octanol–water partition coefficient (Wildman–Crippen LogP) is 3.24. The summed E-state index contributed by atoms with van der Waals surface area (Å²) in [5, 5.41) is 10.1. The molecule has 19 heavy (non-hydrogen) atoms. The minimum atomic E-state index is -0.733. The first-order chi connectivity index (χ1) is 9.01. The molecular weight excluding hydrogens is 274 g/mol. The van der Waals surface area contributed by atoms with Crippen molar-refractivity contribution in [2.24, 2.45) is 0 Å². The van der Waals surface area contributed by atoms with Crippen molar-refractivity contribution in [3.05, 3.63) is 46.2 Å². The first kappa shape index (κ1) is 13.1. The Hall–Kier alpha value is -2.34. The number of carbonyl (C=O) groups excluding carboxylic acids is 1. The molecule has 1 aromatic heterocycles. The molecule has 0 unspecified atom stereocenters. The third-order valence-corrected chi connectivity index (χ3v) is 2.61. The standard InChI is InChI=1S/C12H8ClNO5/c1-18-9-5-7(4-8(6-9)14(16)17)10-2-3-11(19-10)12(13)15/h2-6H,1H3. The highest BCUT2D eigenvalue weighted by Gasteiger charge is 2.15. The molecule has 1 aromatic carbocycles. The lowest BCUT2D eigenvalue weighted by atomic mass is 10.1. The van der Waals surface area contributed by atoms with E-state index in [0.717, 1.165) is 0 Å². The Morgan fingerprint density at radius 3 is 2.63 bits per heavy atom. The SMILES string of the molecule is COc1cc(-c2ccc(C(=O)Cl)o2)cc([N+](=O)[O-])c1. The summed E-state index contributed by atoms with van der Waals surface area (Å²) in [6.45, 7) is 0. The number of hydrogen-bond acceptors (Lipinski definition) is 5. The largest absolute Gasteiger partial charge is 0.496 e. The summed E-state index contributed by atoms with van der Waals surface area (Å²) in [7, 11) is 1.40. The smallest absolute Gasteiger partial charge is 0.287 e. The van der Waals surface area contributed by atoms with E-state index in [1.165, 1.54) is 31.4 Å². The maximum atomic E-state index is 10.9. The van der Waals surface area contributed by atoms with Crippen molar-refractivity contribution in [3.8, 4) is 17.1 Å². The Bertz CT molecular complexity index is 649. The summed E-state index contributed by atoms with van der Waals surface area (Å²) in [4.78, 5) is 21.2. The molecule has 0 radical (unpaired) electrons. The van der Waals surface area contributed by atoms with Crippen LogP contribution in [0.2, 0.25) is 0 Å². The number of furan rings is 1. The summed E-state index contributed by atoms with van der Waals surface area (Å²) < 4.78 is 10.2. The minimum absolute atomic E-state index is 0.0258. The number of nitrogens with zero attached hydrogens (tertiary/aromatic N) is 1. The summed E-state index contributed by atoms with van der Waals surface area (Å²) in [5.41, 5.74) is 0.291. The number of nitro groups is 1. The number of nitro benzene ring substituents is 1. The zero-order chi connectivity index (χ0) is 14.0. The molecule has 7 heteroatoms. The van der Waals surface area contributed by atoms with Crippen LogP contribution in [0.5, 0.6) is 5.75 Å². The van der Waals surface area contributed by atoms with Crippen LogP contribution in [-0.2, 0) is 0 Å². The average molecular weight is 282 g/mol. The molecule has 0 aliphatic rings. The second-order valence-electron chi connectivity index (χ2n) is 3.61. The van der Waals surface area contributed by atoms with Gasteiger partial charge < -0.3 is 9.15 Å². The van der Waals surface area contributed by atoms with Crippen LogP contribution >= 0.6 is 11.6 Å². The number of hydrogen-bond donors (Lipinski definition) is 0. The second kappa shape index (κ2) is 5.11. The van der Waals surface area contributed by atoms with Gasteiger partial charge in [-0.3, -0.25) is 14.9 Å². The number of carbonyl (C=O) groups is 1. The number of halogens is 1. The van der Waals surface area contributed by atoms with E-state index in [1.807, 2.05) is 0 Å². The van der Waals surface area contributed by atoms with Crippen LogP contribution in [0.4, 0.5) is 5.69 Å². The van der Waals surface area contributed by atoms with Crippen LogP contribution in [-0.4, -0.2) is 17.3 Å². The van der Waals surface area contributed by atoms with Crippen LogP contribution in [0.1, 0.15) is 10.6 Å². The van der Waals surface area contributed by atoms with E-state index >= 15 is 0 Å². The molecule has 0 atom stereocenters. The van der Waals surface area contributed by atoms with E-state index in [0.29, 0.717) is 17.1 Å². The summed E-state index contributed by atoms with van der Waals surface area (Å²) in [6, 6.07) is 7.09. The van der Waals surface area contributed by atoms with Gasteiger partial charge in [0.25, 0.3) is 10.9 Å². The molecular formula is C12H8ClNO5. The van der Waals surface area contributed by atoms with Gasteiger partial charge in [0.1, 0.15) is 11.5 Å². The van der Waals surface area contributed by atoms with Crippen molar-refractivity contribution in [3.63, 3.8) is 0 Å². The highest BCUT2D eigenvalue weighted by Crippen LogP contribution is 2.31. The van der Waals surface area contributed by atoms with E-state index < -0.39 is 10.2 Å². The molecule has 0 spiro atoms. The Labute approximate surface area is 112 Å². The summed E-state index contributed by atoms with van der Waals surface area (Å²) >= 11 is 5.28. The lowest BCUT2D eigenvalue weighted by Crippen LogP contribution is -1.91. The van der Waals surface area contributed by atoms with Crippen LogP contribution in [0.15, 0.2) is 34.7 Å². The normalized spacial score (nSPS) is 10.2. The van der Waals surface area contributed by atoms with Gasteiger partial charge in [-0.15, -0.1) is 0 Å². The fourth-order valence-electron chi connectivity index (χ4n) is 1.55. The van der Waals surface area contributed by atoms with Crippen molar-refractivity contribution < 1.29 is 18.9 Å². The van der Waals surface area contributed by atoms with Gasteiger partial charge in [-0.2, -0.15) is 0 Å². The van der Waals surface area contributed by atoms with Crippen LogP contribution in [0, 0.1) is 10.1 Å². The lowest BCUT2D eigenvalue weighted by molar-refractivity contribution is -0.384. The van der Waals surface area contributed by atoms with Gasteiger partial charge >= 0.3 is 0 Å². The maximum absolute atomic E-state index is 10.9. The van der Waals surface area contributed by atoms with Gasteiger partial charge in [0.15, 0.2) is 5.76 Å². The van der Waals surface area contributed by atoms with Gasteiger partial charge in [-0.05, 0) is 29.8 Å². The molecule has 0 aliphatic heterocycles. The number of ether oxygens (including phenoxy) is 1. The maximum Gasteiger partial charge on any atom is 0.287 e. The molecule has 0 saturated carbocycles. The van der Waals surface area contributed by atoms with E-state index in [2.05, 4.69) is 0 Å². The number of non-ortho nitro benzene ring substituents is 1. The van der Waals surface area contributed by atoms with Gasteiger partial charge in [-0.25, -0.2) is 0 Å². The van der Waals surface area contributed by atoms with Crippen molar-refractivity contribution in [2.45, 2.75) is 0 Å². The van der Waals surface area contributed by atoms with Crippen molar-refractivity contribution >= 4 is 22.5 Å².